The van der Waals surface area contributed by atoms with E-state index in [9.17, 15) is 14.4 Å². The van der Waals surface area contributed by atoms with Crippen molar-refractivity contribution in [2.24, 2.45) is 23.7 Å². The number of carbonyl (C=O) groups excluding carboxylic acids is 1. The first kappa shape index (κ1) is 15.5. The van der Waals surface area contributed by atoms with Gasteiger partial charge in [0.2, 0.25) is 0 Å². The van der Waals surface area contributed by atoms with Gasteiger partial charge in [-0.3, -0.25) is 14.4 Å². The number of carbonyl (C=O) groups is 3. The summed E-state index contributed by atoms with van der Waals surface area (Å²) >= 11 is 0. The summed E-state index contributed by atoms with van der Waals surface area (Å²) in [6, 6.07) is 0. The number of ether oxygens (including phenoxy) is 1. The summed E-state index contributed by atoms with van der Waals surface area (Å²) in [6.07, 6.45) is 0.407. The molecule has 1 rings (SSSR count). The maximum atomic E-state index is 11.8. The van der Waals surface area contributed by atoms with Crippen LogP contribution in [0.4, 0.5) is 0 Å². The second kappa shape index (κ2) is 6.54. The molecule has 0 aromatic carbocycles. The van der Waals surface area contributed by atoms with Crippen LogP contribution in [-0.2, 0) is 19.1 Å². The van der Waals surface area contributed by atoms with Gasteiger partial charge in [-0.25, -0.2) is 0 Å². The Balaban J connectivity index is 2.68. The van der Waals surface area contributed by atoms with Crippen molar-refractivity contribution in [3.63, 3.8) is 0 Å². The molecule has 0 heterocycles. The van der Waals surface area contributed by atoms with E-state index < -0.39 is 35.7 Å². The lowest BCUT2D eigenvalue weighted by Gasteiger charge is -2.29. The molecule has 2 N–H and O–H groups in total. The molecule has 0 amide bonds. The number of rotatable bonds is 5. The molecule has 0 saturated heterocycles. The summed E-state index contributed by atoms with van der Waals surface area (Å²) in [5.74, 6) is -4.59. The van der Waals surface area contributed by atoms with Crippen molar-refractivity contribution >= 4 is 17.9 Å². The second-order valence-corrected chi connectivity index (χ2v) is 5.50. The van der Waals surface area contributed by atoms with E-state index >= 15 is 0 Å². The lowest BCUT2D eigenvalue weighted by molar-refractivity contribution is -0.157. The van der Waals surface area contributed by atoms with Gasteiger partial charge in [0.1, 0.15) is 0 Å². The molecule has 108 valence electrons. The first-order valence-electron chi connectivity index (χ1n) is 6.43. The molecular formula is C13H20O6. The molecule has 1 saturated carbocycles. The van der Waals surface area contributed by atoms with E-state index in [0.29, 0.717) is 0 Å². The van der Waals surface area contributed by atoms with Crippen LogP contribution in [0.2, 0.25) is 0 Å². The molecule has 2 unspecified atom stereocenters. The summed E-state index contributed by atoms with van der Waals surface area (Å²) in [5, 5.41) is 18.0. The van der Waals surface area contributed by atoms with Crippen molar-refractivity contribution in [2.45, 2.75) is 33.1 Å². The highest BCUT2D eigenvalue weighted by Gasteiger charge is 2.39. The number of aliphatic carboxylic acids is 2. The molecule has 0 aromatic rings. The van der Waals surface area contributed by atoms with E-state index in [1.165, 1.54) is 0 Å². The second-order valence-electron chi connectivity index (χ2n) is 5.50. The average molecular weight is 272 g/mol. The lowest BCUT2D eigenvalue weighted by atomic mass is 9.75. The zero-order valence-electron chi connectivity index (χ0n) is 11.2. The largest absolute Gasteiger partial charge is 0.481 e. The normalized spacial score (nSPS) is 27.0. The molecule has 0 aromatic heterocycles. The zero-order chi connectivity index (χ0) is 14.6. The minimum Gasteiger partial charge on any atom is -0.481 e. The molecular weight excluding hydrogens is 252 g/mol. The summed E-state index contributed by atoms with van der Waals surface area (Å²) in [7, 11) is 0. The number of carboxylic acids is 2. The van der Waals surface area contributed by atoms with Gasteiger partial charge in [-0.1, -0.05) is 13.8 Å². The van der Waals surface area contributed by atoms with Gasteiger partial charge >= 0.3 is 17.9 Å². The maximum Gasteiger partial charge on any atom is 0.308 e. The van der Waals surface area contributed by atoms with E-state index in [-0.39, 0.29) is 31.8 Å². The van der Waals surface area contributed by atoms with Crippen LogP contribution in [0.15, 0.2) is 0 Å². The topological polar surface area (TPSA) is 101 Å². The minimum atomic E-state index is -1.05. The van der Waals surface area contributed by atoms with Crippen LogP contribution in [-0.4, -0.2) is 34.7 Å². The molecule has 0 spiro atoms. The van der Waals surface area contributed by atoms with Crippen molar-refractivity contribution in [3.8, 4) is 0 Å². The predicted octanol–water partition coefficient (Wildman–Crippen LogP) is 1.39. The van der Waals surface area contributed by atoms with Gasteiger partial charge in [-0.15, -0.1) is 0 Å². The fourth-order valence-electron chi connectivity index (χ4n) is 2.28. The Hall–Kier alpha value is -1.59. The van der Waals surface area contributed by atoms with Crippen LogP contribution in [0.5, 0.6) is 0 Å². The third-order valence-corrected chi connectivity index (χ3v) is 3.30. The average Bonchev–Trinajstić information content (AvgIpc) is 2.35. The third-order valence-electron chi connectivity index (χ3n) is 3.30. The fraction of sp³-hybridized carbons (Fsp3) is 0.769. The molecule has 1 aliphatic rings. The zero-order valence-corrected chi connectivity index (χ0v) is 11.2. The molecule has 6 nitrogen and oxygen atoms in total. The Kier molecular flexibility index (Phi) is 5.32. The maximum absolute atomic E-state index is 11.8. The predicted molar refractivity (Wildman–Crippen MR) is 65.4 cm³/mol. The van der Waals surface area contributed by atoms with Crippen molar-refractivity contribution in [1.29, 1.82) is 0 Å². The van der Waals surface area contributed by atoms with E-state index in [2.05, 4.69) is 0 Å². The van der Waals surface area contributed by atoms with Gasteiger partial charge in [0.15, 0.2) is 0 Å². The molecule has 6 heteroatoms. The first-order chi connectivity index (χ1) is 8.81. The Bertz CT molecular complexity index is 340. The third kappa shape index (κ3) is 4.54. The van der Waals surface area contributed by atoms with Crippen molar-refractivity contribution in [1.82, 2.24) is 0 Å². The summed E-state index contributed by atoms with van der Waals surface area (Å²) in [6.45, 7) is 4.06. The highest BCUT2D eigenvalue weighted by molar-refractivity contribution is 5.79. The van der Waals surface area contributed by atoms with Crippen molar-refractivity contribution < 1.29 is 29.3 Å². The Labute approximate surface area is 111 Å². The Morgan fingerprint density at radius 1 is 1.00 bits per heavy atom. The standard InChI is InChI=1S/C13H20O6/c1-7(2)6-19-13(18)10-4-8(11(14)15)3-9(5-10)12(16)17/h7-10H,3-6H2,1-2H3,(H,14,15)(H,16,17). The van der Waals surface area contributed by atoms with Crippen LogP contribution in [0.1, 0.15) is 33.1 Å². The number of esters is 1. The van der Waals surface area contributed by atoms with Crippen LogP contribution < -0.4 is 0 Å². The van der Waals surface area contributed by atoms with Gasteiger partial charge in [0.25, 0.3) is 0 Å². The van der Waals surface area contributed by atoms with Crippen LogP contribution in [0.3, 0.4) is 0 Å². The van der Waals surface area contributed by atoms with Crippen molar-refractivity contribution in [2.75, 3.05) is 6.61 Å². The van der Waals surface area contributed by atoms with Crippen LogP contribution in [0.25, 0.3) is 0 Å². The molecule has 19 heavy (non-hydrogen) atoms. The van der Waals surface area contributed by atoms with Gasteiger partial charge in [0, 0.05) is 0 Å². The molecule has 1 fully saturated rings. The Morgan fingerprint density at radius 3 is 1.79 bits per heavy atom. The van der Waals surface area contributed by atoms with Gasteiger partial charge < -0.3 is 14.9 Å². The summed E-state index contributed by atoms with van der Waals surface area (Å²) in [5.41, 5.74) is 0. The number of hydrogen-bond donors (Lipinski definition) is 2. The van der Waals surface area contributed by atoms with Crippen molar-refractivity contribution in [3.05, 3.63) is 0 Å². The number of hydrogen-bond acceptors (Lipinski definition) is 4. The monoisotopic (exact) mass is 272 g/mol. The molecule has 0 aliphatic heterocycles. The van der Waals surface area contributed by atoms with E-state index in [1.54, 1.807) is 0 Å². The summed E-state index contributed by atoms with van der Waals surface area (Å²) < 4.78 is 5.07. The minimum absolute atomic E-state index is 0.0820. The molecule has 1 aliphatic carbocycles. The SMILES string of the molecule is CC(C)COC(=O)C1CC(C(=O)O)CC(C(=O)O)C1. The quantitative estimate of drug-likeness (QED) is 0.733. The first-order valence-corrected chi connectivity index (χ1v) is 6.43. The smallest absolute Gasteiger partial charge is 0.308 e. The fourth-order valence-corrected chi connectivity index (χ4v) is 2.28. The molecule has 2 atom stereocenters. The highest BCUT2D eigenvalue weighted by atomic mass is 16.5. The molecule has 0 bridgehead atoms. The molecule has 0 radical (unpaired) electrons. The summed E-state index contributed by atoms with van der Waals surface area (Å²) in [4.78, 5) is 33.9. The van der Waals surface area contributed by atoms with E-state index in [4.69, 9.17) is 14.9 Å². The van der Waals surface area contributed by atoms with E-state index in [0.717, 1.165) is 0 Å². The lowest BCUT2D eigenvalue weighted by Crippen LogP contribution is -2.36. The number of carboxylic acid groups (broad SMARTS) is 2. The van der Waals surface area contributed by atoms with Crippen LogP contribution >= 0.6 is 0 Å². The van der Waals surface area contributed by atoms with Gasteiger partial charge in [0.05, 0.1) is 24.4 Å². The van der Waals surface area contributed by atoms with Gasteiger partial charge in [-0.05, 0) is 25.2 Å². The van der Waals surface area contributed by atoms with Gasteiger partial charge in [-0.2, -0.15) is 0 Å². The van der Waals surface area contributed by atoms with Crippen LogP contribution in [0, 0.1) is 23.7 Å². The Morgan fingerprint density at radius 2 is 1.42 bits per heavy atom. The highest BCUT2D eigenvalue weighted by Crippen LogP contribution is 2.34. The van der Waals surface area contributed by atoms with E-state index in [1.807, 2.05) is 13.8 Å².